The number of hydrogen-bond donors (Lipinski definition) is 1. The van der Waals surface area contributed by atoms with Crippen LogP contribution in [0.3, 0.4) is 0 Å². The minimum atomic E-state index is -0.472. The predicted molar refractivity (Wildman–Crippen MR) is 90.0 cm³/mol. The minimum absolute atomic E-state index is 0.0188. The minimum Gasteiger partial charge on any atom is -0.448 e. The fourth-order valence-corrected chi connectivity index (χ4v) is 3.73. The van der Waals surface area contributed by atoms with Crippen molar-refractivity contribution < 1.29 is 19.1 Å². The largest absolute Gasteiger partial charge is 0.448 e. The van der Waals surface area contributed by atoms with Gasteiger partial charge in [-0.15, -0.1) is 0 Å². The number of aliphatic hydroxyl groups excluding tert-OH is 1. The number of oxazole rings is 1. The molecule has 2 saturated heterocycles. The average molecular weight is 350 g/mol. The van der Waals surface area contributed by atoms with E-state index >= 15 is 0 Å². The lowest BCUT2D eigenvalue weighted by Gasteiger charge is -2.40. The van der Waals surface area contributed by atoms with Crippen molar-refractivity contribution in [3.05, 3.63) is 17.8 Å². The number of hydrogen-bond acceptors (Lipinski definition) is 6. The number of nitrogens with zero attached hydrogens (tertiary/aromatic N) is 4. The van der Waals surface area contributed by atoms with E-state index in [9.17, 15) is 14.7 Å². The van der Waals surface area contributed by atoms with Crippen LogP contribution in [0.1, 0.15) is 36.0 Å². The zero-order chi connectivity index (χ0) is 18.0. The van der Waals surface area contributed by atoms with Gasteiger partial charge in [-0.05, 0) is 19.8 Å². The summed E-state index contributed by atoms with van der Waals surface area (Å²) in [5.74, 6) is 0.480. The molecule has 0 bridgehead atoms. The van der Waals surface area contributed by atoms with E-state index in [1.54, 1.807) is 18.7 Å². The smallest absolute Gasteiger partial charge is 0.276 e. The van der Waals surface area contributed by atoms with Crippen LogP contribution in [-0.4, -0.2) is 88.0 Å². The molecule has 0 aliphatic carbocycles. The third kappa shape index (κ3) is 3.85. The van der Waals surface area contributed by atoms with Gasteiger partial charge in [0.05, 0.1) is 6.10 Å². The molecule has 0 unspecified atom stereocenters. The molecule has 2 fully saturated rings. The summed E-state index contributed by atoms with van der Waals surface area (Å²) in [6.45, 7) is 7.32. The van der Waals surface area contributed by atoms with Crippen molar-refractivity contribution in [3.8, 4) is 0 Å². The number of rotatable bonds is 2. The van der Waals surface area contributed by atoms with Gasteiger partial charge >= 0.3 is 0 Å². The summed E-state index contributed by atoms with van der Waals surface area (Å²) in [6.07, 6.45) is 2.07. The van der Waals surface area contributed by atoms with Gasteiger partial charge in [-0.3, -0.25) is 14.5 Å². The number of amides is 2. The van der Waals surface area contributed by atoms with Crippen molar-refractivity contribution in [2.75, 3.05) is 39.3 Å². The van der Waals surface area contributed by atoms with Crippen LogP contribution in [0.4, 0.5) is 0 Å². The van der Waals surface area contributed by atoms with Gasteiger partial charge in [0.2, 0.25) is 5.91 Å². The van der Waals surface area contributed by atoms with Gasteiger partial charge in [0.25, 0.3) is 5.91 Å². The van der Waals surface area contributed by atoms with Crippen molar-refractivity contribution in [2.24, 2.45) is 0 Å². The molecule has 0 saturated carbocycles. The predicted octanol–water partition coefficient (Wildman–Crippen LogP) is 0.113. The third-order valence-electron chi connectivity index (χ3n) is 5.30. The molecule has 2 aliphatic heterocycles. The number of aryl methyl sites for hydroxylation is 1. The van der Waals surface area contributed by atoms with Crippen LogP contribution < -0.4 is 0 Å². The Morgan fingerprint density at radius 1 is 1.12 bits per heavy atom. The van der Waals surface area contributed by atoms with E-state index in [4.69, 9.17) is 4.42 Å². The molecule has 25 heavy (non-hydrogen) atoms. The standard InChI is InChI=1S/C17H26N4O4/c1-12-16(18-11-25-12)17(24)21-5-3-14(15(23)4-6-21)20-9-7-19(8-10-20)13(2)22/h11,14-15,23H,3-10H2,1-2H3/t14-,15-/m0/s1. The first-order valence-electron chi connectivity index (χ1n) is 8.84. The van der Waals surface area contributed by atoms with E-state index in [0.29, 0.717) is 50.5 Å². The van der Waals surface area contributed by atoms with Gasteiger partial charge in [-0.1, -0.05) is 0 Å². The van der Waals surface area contributed by atoms with Crippen molar-refractivity contribution in [2.45, 2.75) is 38.8 Å². The summed E-state index contributed by atoms with van der Waals surface area (Å²) in [7, 11) is 0. The van der Waals surface area contributed by atoms with Gasteiger partial charge < -0.3 is 19.3 Å². The first-order valence-corrected chi connectivity index (χ1v) is 8.84. The Bertz CT molecular complexity index is 624. The second-order valence-electron chi connectivity index (χ2n) is 6.80. The van der Waals surface area contributed by atoms with Crippen LogP contribution in [0.2, 0.25) is 0 Å². The summed E-state index contributed by atoms with van der Waals surface area (Å²) >= 11 is 0. The highest BCUT2D eigenvalue weighted by atomic mass is 16.3. The molecule has 3 rings (SSSR count). The van der Waals surface area contributed by atoms with Gasteiger partial charge in [0, 0.05) is 52.2 Å². The van der Waals surface area contributed by atoms with Crippen LogP contribution in [0, 0.1) is 6.92 Å². The number of aromatic nitrogens is 1. The third-order valence-corrected chi connectivity index (χ3v) is 5.30. The van der Waals surface area contributed by atoms with Crippen molar-refractivity contribution >= 4 is 11.8 Å². The average Bonchev–Trinajstić information content (AvgIpc) is 2.93. The maximum absolute atomic E-state index is 12.6. The van der Waals surface area contributed by atoms with Crippen LogP contribution in [0.25, 0.3) is 0 Å². The maximum atomic E-state index is 12.6. The van der Waals surface area contributed by atoms with E-state index in [1.165, 1.54) is 6.39 Å². The zero-order valence-corrected chi connectivity index (χ0v) is 14.8. The van der Waals surface area contributed by atoms with Crippen LogP contribution in [-0.2, 0) is 4.79 Å². The Morgan fingerprint density at radius 3 is 2.40 bits per heavy atom. The Labute approximate surface area is 147 Å². The molecule has 1 aromatic rings. The fraction of sp³-hybridized carbons (Fsp3) is 0.706. The molecule has 2 aliphatic rings. The lowest BCUT2D eigenvalue weighted by atomic mass is 10.0. The highest BCUT2D eigenvalue weighted by Crippen LogP contribution is 2.21. The summed E-state index contributed by atoms with van der Waals surface area (Å²) in [6, 6.07) is 0.0188. The molecule has 2 atom stereocenters. The van der Waals surface area contributed by atoms with Crippen molar-refractivity contribution in [3.63, 3.8) is 0 Å². The molecule has 1 aromatic heterocycles. The Morgan fingerprint density at radius 2 is 1.80 bits per heavy atom. The van der Waals surface area contributed by atoms with Crippen LogP contribution in [0.15, 0.2) is 10.8 Å². The Balaban J connectivity index is 1.61. The van der Waals surface area contributed by atoms with Crippen LogP contribution in [0.5, 0.6) is 0 Å². The van der Waals surface area contributed by atoms with Gasteiger partial charge in [0.15, 0.2) is 12.1 Å². The highest BCUT2D eigenvalue weighted by Gasteiger charge is 2.34. The first-order chi connectivity index (χ1) is 12.0. The van der Waals surface area contributed by atoms with Gasteiger partial charge in [-0.25, -0.2) is 4.98 Å². The van der Waals surface area contributed by atoms with Gasteiger partial charge in [-0.2, -0.15) is 0 Å². The highest BCUT2D eigenvalue weighted by molar-refractivity contribution is 5.93. The molecular formula is C17H26N4O4. The SMILES string of the molecule is CC(=O)N1CCN([C@H]2CCN(C(=O)c3ncoc3C)CC[C@@H]2O)CC1. The monoisotopic (exact) mass is 350 g/mol. The van der Waals surface area contributed by atoms with E-state index in [-0.39, 0.29) is 17.9 Å². The molecule has 0 spiro atoms. The van der Waals surface area contributed by atoms with Crippen LogP contribution >= 0.6 is 0 Å². The maximum Gasteiger partial charge on any atom is 0.276 e. The zero-order valence-electron chi connectivity index (χ0n) is 14.8. The number of carbonyl (C=O) groups excluding carboxylic acids is 2. The van der Waals surface area contributed by atoms with E-state index in [2.05, 4.69) is 9.88 Å². The Hall–Kier alpha value is -1.93. The molecule has 2 amide bonds. The molecule has 1 N–H and O–H groups in total. The fourth-order valence-electron chi connectivity index (χ4n) is 3.73. The lowest BCUT2D eigenvalue weighted by Crippen LogP contribution is -2.54. The molecule has 8 nitrogen and oxygen atoms in total. The number of aliphatic hydroxyl groups is 1. The summed E-state index contributed by atoms with van der Waals surface area (Å²) in [5.41, 5.74) is 0.350. The van der Waals surface area contributed by atoms with E-state index in [0.717, 1.165) is 13.1 Å². The van der Waals surface area contributed by atoms with E-state index in [1.807, 2.05) is 4.90 Å². The summed E-state index contributed by atoms with van der Waals surface area (Å²) < 4.78 is 5.13. The van der Waals surface area contributed by atoms with Gasteiger partial charge in [0.1, 0.15) is 5.76 Å². The topological polar surface area (TPSA) is 90.1 Å². The van der Waals surface area contributed by atoms with Crippen molar-refractivity contribution in [1.29, 1.82) is 0 Å². The lowest BCUT2D eigenvalue weighted by molar-refractivity contribution is -0.131. The quantitative estimate of drug-likeness (QED) is 0.814. The van der Waals surface area contributed by atoms with Crippen molar-refractivity contribution in [1.82, 2.24) is 19.7 Å². The van der Waals surface area contributed by atoms with E-state index < -0.39 is 6.10 Å². The normalized spacial score (nSPS) is 25.7. The summed E-state index contributed by atoms with van der Waals surface area (Å²) in [4.78, 5) is 33.9. The number of piperazine rings is 1. The molecule has 0 radical (unpaired) electrons. The number of likely N-dealkylation sites (tertiary alicyclic amines) is 1. The second kappa shape index (κ2) is 7.53. The first kappa shape index (κ1) is 17.9. The molecule has 3 heterocycles. The number of carbonyl (C=O) groups is 2. The molecular weight excluding hydrogens is 324 g/mol. The molecule has 138 valence electrons. The molecule has 0 aromatic carbocycles. The Kier molecular flexibility index (Phi) is 5.39. The summed E-state index contributed by atoms with van der Waals surface area (Å²) in [5, 5.41) is 10.6. The second-order valence-corrected chi connectivity index (χ2v) is 6.80. The molecule has 8 heteroatoms.